The Morgan fingerprint density at radius 3 is 0.889 bits per heavy atom. The SMILES string of the molecule is [Pd].c1ccc(N(CP(c2ccccc2)c2ccccc2)CP(c2ccccc2)c2ccccc2)cc1. The summed E-state index contributed by atoms with van der Waals surface area (Å²) in [5.41, 5.74) is 1.28. The fraction of sp³-hybridized carbons (Fsp3) is 0.0625. The van der Waals surface area contributed by atoms with Crippen LogP contribution in [0.4, 0.5) is 5.69 Å². The second-order valence-electron chi connectivity index (χ2n) is 8.36. The minimum Gasteiger partial charge on any atom is -0.362 e. The van der Waals surface area contributed by atoms with Crippen molar-refractivity contribution in [3.05, 3.63) is 152 Å². The van der Waals surface area contributed by atoms with Gasteiger partial charge in [-0.3, -0.25) is 0 Å². The summed E-state index contributed by atoms with van der Waals surface area (Å²) in [7, 11) is -1.09. The number of benzene rings is 5. The molecular weight excluding hydrogens is 567 g/mol. The van der Waals surface area contributed by atoms with Crippen LogP contribution >= 0.6 is 15.8 Å². The van der Waals surface area contributed by atoms with Crippen molar-refractivity contribution < 1.29 is 20.4 Å². The van der Waals surface area contributed by atoms with Gasteiger partial charge in [-0.1, -0.05) is 140 Å². The molecule has 0 aromatic heterocycles. The molecule has 182 valence electrons. The standard InChI is InChI=1S/C32H29NP2.Pd/c1-6-16-28(17-7-1)33(26-34(29-18-8-2-9-19-29)30-20-10-3-11-21-30)27-35(31-22-12-4-13-23-31)32-24-14-5-15-25-32;/h1-25H,26-27H2;. The van der Waals surface area contributed by atoms with Crippen molar-refractivity contribution in [1.29, 1.82) is 0 Å². The molecule has 0 aliphatic carbocycles. The molecule has 0 N–H and O–H groups in total. The molecule has 0 aliphatic heterocycles. The predicted octanol–water partition coefficient (Wildman–Crippen LogP) is 6.67. The summed E-state index contributed by atoms with van der Waals surface area (Å²) in [6.07, 6.45) is 1.96. The fourth-order valence-corrected chi connectivity index (χ4v) is 8.99. The van der Waals surface area contributed by atoms with Crippen LogP contribution in [0.15, 0.2) is 152 Å². The molecule has 5 aromatic carbocycles. The van der Waals surface area contributed by atoms with Crippen LogP contribution in [-0.2, 0) is 20.4 Å². The molecule has 4 heteroatoms. The minimum absolute atomic E-state index is 0. The van der Waals surface area contributed by atoms with Crippen molar-refractivity contribution >= 4 is 42.7 Å². The van der Waals surface area contributed by atoms with Gasteiger partial charge in [-0.05, 0) is 49.2 Å². The monoisotopic (exact) mass is 595 g/mol. The van der Waals surface area contributed by atoms with Crippen molar-refractivity contribution in [2.45, 2.75) is 0 Å². The molecule has 1 nitrogen and oxygen atoms in total. The molecule has 36 heavy (non-hydrogen) atoms. The number of para-hydroxylation sites is 1. The summed E-state index contributed by atoms with van der Waals surface area (Å²) in [5.74, 6) is 0. The molecule has 0 radical (unpaired) electrons. The molecule has 0 atom stereocenters. The molecule has 0 unspecified atom stereocenters. The maximum Gasteiger partial charge on any atom is 0.0463 e. The van der Waals surface area contributed by atoms with Gasteiger partial charge >= 0.3 is 0 Å². The molecule has 0 saturated carbocycles. The Morgan fingerprint density at radius 1 is 0.361 bits per heavy atom. The quantitative estimate of drug-likeness (QED) is 0.136. The van der Waals surface area contributed by atoms with E-state index in [-0.39, 0.29) is 20.4 Å². The molecule has 0 spiro atoms. The van der Waals surface area contributed by atoms with Crippen LogP contribution in [0, 0.1) is 0 Å². The first-order valence-corrected chi connectivity index (χ1v) is 15.0. The van der Waals surface area contributed by atoms with Gasteiger partial charge in [-0.15, -0.1) is 0 Å². The minimum atomic E-state index is -0.546. The summed E-state index contributed by atoms with van der Waals surface area (Å²) in [5, 5.41) is 5.66. The van der Waals surface area contributed by atoms with Gasteiger partial charge in [0, 0.05) is 38.7 Å². The van der Waals surface area contributed by atoms with E-state index in [1.54, 1.807) is 0 Å². The summed E-state index contributed by atoms with van der Waals surface area (Å²) in [4.78, 5) is 2.62. The van der Waals surface area contributed by atoms with Crippen LogP contribution in [-0.4, -0.2) is 12.6 Å². The summed E-state index contributed by atoms with van der Waals surface area (Å²) >= 11 is 0. The zero-order chi connectivity index (χ0) is 23.7. The molecule has 0 saturated heterocycles. The molecular formula is C32H29NP2Pd. The van der Waals surface area contributed by atoms with E-state index in [0.29, 0.717) is 0 Å². The van der Waals surface area contributed by atoms with Gasteiger partial charge in [0.2, 0.25) is 0 Å². The van der Waals surface area contributed by atoms with E-state index in [4.69, 9.17) is 0 Å². The van der Waals surface area contributed by atoms with E-state index >= 15 is 0 Å². The molecule has 0 aliphatic rings. The third kappa shape index (κ3) is 6.79. The third-order valence-corrected chi connectivity index (χ3v) is 11.0. The largest absolute Gasteiger partial charge is 0.362 e. The number of anilines is 1. The van der Waals surface area contributed by atoms with Crippen molar-refractivity contribution in [3.8, 4) is 0 Å². The topological polar surface area (TPSA) is 3.24 Å². The zero-order valence-electron chi connectivity index (χ0n) is 20.0. The zero-order valence-corrected chi connectivity index (χ0v) is 23.3. The fourth-order valence-electron chi connectivity index (χ4n) is 4.24. The van der Waals surface area contributed by atoms with Gasteiger partial charge in [0.05, 0.1) is 0 Å². The molecule has 0 heterocycles. The van der Waals surface area contributed by atoms with Crippen molar-refractivity contribution in [2.24, 2.45) is 0 Å². The summed E-state index contributed by atoms with van der Waals surface area (Å²) < 4.78 is 0. The average Bonchev–Trinajstić information content (AvgIpc) is 2.95. The number of hydrogen-bond donors (Lipinski definition) is 0. The van der Waals surface area contributed by atoms with Crippen LogP contribution in [0.25, 0.3) is 0 Å². The van der Waals surface area contributed by atoms with Crippen molar-refractivity contribution in [3.63, 3.8) is 0 Å². The van der Waals surface area contributed by atoms with Crippen LogP contribution in [0.3, 0.4) is 0 Å². The second kappa shape index (κ2) is 13.7. The Kier molecular flexibility index (Phi) is 10.0. The van der Waals surface area contributed by atoms with Crippen LogP contribution < -0.4 is 26.1 Å². The molecule has 0 bridgehead atoms. The molecule has 5 aromatic rings. The van der Waals surface area contributed by atoms with E-state index in [0.717, 1.165) is 12.6 Å². The van der Waals surface area contributed by atoms with E-state index in [9.17, 15) is 0 Å². The van der Waals surface area contributed by atoms with E-state index in [2.05, 4.69) is 157 Å². The van der Waals surface area contributed by atoms with E-state index in [1.807, 2.05) is 0 Å². The maximum atomic E-state index is 2.62. The molecule has 0 amide bonds. The molecule has 5 rings (SSSR count). The van der Waals surface area contributed by atoms with Crippen LogP contribution in [0.2, 0.25) is 0 Å². The smallest absolute Gasteiger partial charge is 0.0463 e. The number of rotatable bonds is 9. The van der Waals surface area contributed by atoms with Gasteiger partial charge in [0.15, 0.2) is 0 Å². The maximum absolute atomic E-state index is 2.62. The number of hydrogen-bond acceptors (Lipinski definition) is 1. The second-order valence-corrected chi connectivity index (χ2v) is 12.7. The Morgan fingerprint density at radius 2 is 0.611 bits per heavy atom. The number of nitrogens with zero attached hydrogens (tertiary/aromatic N) is 1. The van der Waals surface area contributed by atoms with Crippen molar-refractivity contribution in [1.82, 2.24) is 0 Å². The summed E-state index contributed by atoms with van der Waals surface area (Å²) in [6.45, 7) is 0. The van der Waals surface area contributed by atoms with Gasteiger partial charge < -0.3 is 4.90 Å². The van der Waals surface area contributed by atoms with Crippen molar-refractivity contribution in [2.75, 3.05) is 17.5 Å². The third-order valence-electron chi connectivity index (χ3n) is 6.02. The predicted molar refractivity (Wildman–Crippen MR) is 157 cm³/mol. The average molecular weight is 596 g/mol. The van der Waals surface area contributed by atoms with Crippen LogP contribution in [0.5, 0.6) is 0 Å². The summed E-state index contributed by atoms with van der Waals surface area (Å²) in [6, 6.07) is 55.1. The molecule has 0 fully saturated rings. The normalized spacial score (nSPS) is 10.7. The Bertz CT molecular complexity index is 1120. The van der Waals surface area contributed by atoms with Gasteiger partial charge in [0.1, 0.15) is 0 Å². The Labute approximate surface area is 231 Å². The first-order valence-electron chi connectivity index (χ1n) is 11.9. The van der Waals surface area contributed by atoms with Gasteiger partial charge in [-0.2, -0.15) is 0 Å². The van der Waals surface area contributed by atoms with E-state index in [1.165, 1.54) is 26.9 Å². The Hall–Kier alpha value is -2.58. The Balaban J connectivity index is 0.00000304. The van der Waals surface area contributed by atoms with Gasteiger partial charge in [0.25, 0.3) is 0 Å². The first kappa shape index (κ1) is 26.5. The van der Waals surface area contributed by atoms with Crippen LogP contribution in [0.1, 0.15) is 0 Å². The van der Waals surface area contributed by atoms with Gasteiger partial charge in [-0.25, -0.2) is 0 Å². The van der Waals surface area contributed by atoms with E-state index < -0.39 is 15.8 Å². The first-order chi connectivity index (χ1) is 17.4.